The number of morpholine rings is 1. The van der Waals surface area contributed by atoms with Crippen molar-refractivity contribution in [1.82, 2.24) is 0 Å². The summed E-state index contributed by atoms with van der Waals surface area (Å²) in [7, 11) is 0. The molecule has 7 nitrogen and oxygen atoms in total. The fraction of sp³-hybridized carbons (Fsp3) is 0.286. The van der Waals surface area contributed by atoms with E-state index < -0.39 is 11.2 Å². The van der Waals surface area contributed by atoms with Crippen molar-refractivity contribution >= 4 is 40.9 Å². The van der Waals surface area contributed by atoms with Crippen LogP contribution in [0.2, 0.25) is 0 Å². The van der Waals surface area contributed by atoms with E-state index in [1.54, 1.807) is 30.3 Å². The fourth-order valence-electron chi connectivity index (χ4n) is 3.50. The maximum absolute atomic E-state index is 12.9. The van der Waals surface area contributed by atoms with Crippen LogP contribution in [0.5, 0.6) is 0 Å². The molecule has 0 aliphatic carbocycles. The van der Waals surface area contributed by atoms with E-state index in [0.717, 1.165) is 30.5 Å². The van der Waals surface area contributed by atoms with Gasteiger partial charge in [0, 0.05) is 30.1 Å². The molecule has 2 amide bonds. The second-order valence-electron chi connectivity index (χ2n) is 6.80. The fourth-order valence-corrected chi connectivity index (χ4v) is 4.68. The molecule has 4 rings (SSSR count). The molecular weight excluding hydrogens is 392 g/mol. The molecule has 8 heteroatoms. The number of rotatable bonds is 5. The first-order valence-electron chi connectivity index (χ1n) is 9.33. The lowest BCUT2D eigenvalue weighted by molar-refractivity contribution is -0.121. The van der Waals surface area contributed by atoms with E-state index >= 15 is 0 Å². The lowest BCUT2D eigenvalue weighted by Crippen LogP contribution is -2.36. The van der Waals surface area contributed by atoms with Gasteiger partial charge in [-0.25, -0.2) is 9.69 Å². The van der Waals surface area contributed by atoms with Crippen LogP contribution in [-0.2, 0) is 14.3 Å². The second-order valence-corrected chi connectivity index (χ2v) is 8.04. The first-order valence-corrected chi connectivity index (χ1v) is 10.2. The summed E-state index contributed by atoms with van der Waals surface area (Å²) >= 11 is 1.13. The molecule has 2 fully saturated rings. The molecule has 150 valence electrons. The zero-order valence-electron chi connectivity index (χ0n) is 15.6. The van der Waals surface area contributed by atoms with E-state index in [0.29, 0.717) is 23.8 Å². The van der Waals surface area contributed by atoms with Crippen LogP contribution in [0, 0.1) is 0 Å². The molecule has 2 aliphatic rings. The van der Waals surface area contributed by atoms with E-state index in [9.17, 15) is 19.5 Å². The number of carboxylic acid groups (broad SMARTS) is 1. The van der Waals surface area contributed by atoms with Gasteiger partial charge < -0.3 is 14.7 Å². The highest BCUT2D eigenvalue weighted by molar-refractivity contribution is 8.00. The summed E-state index contributed by atoms with van der Waals surface area (Å²) in [6.07, 6.45) is 0.0443. The summed E-state index contributed by atoms with van der Waals surface area (Å²) in [5.41, 5.74) is 1.69. The normalized spacial score (nSPS) is 19.7. The molecule has 0 radical (unpaired) electrons. The van der Waals surface area contributed by atoms with E-state index in [1.807, 2.05) is 12.1 Å². The van der Waals surface area contributed by atoms with Crippen molar-refractivity contribution in [2.24, 2.45) is 0 Å². The standard InChI is InChI=1S/C21H20N2O5S/c24-19-13-18(29-17-4-2-1-3-16(17)21(26)27)20(25)23(19)15-7-5-14(6-8-15)22-9-11-28-12-10-22/h1-8,18H,9-13H2,(H,26,27). The maximum atomic E-state index is 12.9. The number of ether oxygens (including phenoxy) is 1. The van der Waals surface area contributed by atoms with Gasteiger partial charge in [-0.05, 0) is 36.4 Å². The molecule has 0 bridgehead atoms. The predicted molar refractivity (Wildman–Crippen MR) is 110 cm³/mol. The minimum Gasteiger partial charge on any atom is -0.478 e. The number of amides is 2. The number of benzene rings is 2. The third kappa shape index (κ3) is 3.99. The van der Waals surface area contributed by atoms with Crippen molar-refractivity contribution in [3.05, 3.63) is 54.1 Å². The Morgan fingerprint density at radius 1 is 1.00 bits per heavy atom. The molecule has 2 aromatic carbocycles. The number of hydrogen-bond acceptors (Lipinski definition) is 6. The number of imide groups is 1. The molecule has 0 spiro atoms. The number of anilines is 2. The Kier molecular flexibility index (Phi) is 5.55. The van der Waals surface area contributed by atoms with Gasteiger partial charge in [0.1, 0.15) is 0 Å². The maximum Gasteiger partial charge on any atom is 0.336 e. The van der Waals surface area contributed by atoms with Crippen LogP contribution < -0.4 is 9.80 Å². The Balaban J connectivity index is 1.50. The van der Waals surface area contributed by atoms with Crippen LogP contribution >= 0.6 is 11.8 Å². The van der Waals surface area contributed by atoms with Gasteiger partial charge in [0.05, 0.1) is 29.7 Å². The number of nitrogens with zero attached hydrogens (tertiary/aromatic N) is 2. The third-order valence-electron chi connectivity index (χ3n) is 4.98. The second kappa shape index (κ2) is 8.26. The third-order valence-corrected chi connectivity index (χ3v) is 6.24. The number of thioether (sulfide) groups is 1. The highest BCUT2D eigenvalue weighted by Crippen LogP contribution is 2.36. The van der Waals surface area contributed by atoms with Gasteiger partial charge >= 0.3 is 5.97 Å². The Bertz CT molecular complexity index is 940. The average molecular weight is 412 g/mol. The van der Waals surface area contributed by atoms with Crippen LogP contribution in [-0.4, -0.2) is 54.4 Å². The smallest absolute Gasteiger partial charge is 0.336 e. The van der Waals surface area contributed by atoms with E-state index in [4.69, 9.17) is 4.74 Å². The van der Waals surface area contributed by atoms with Gasteiger partial charge in [0.25, 0.3) is 0 Å². The van der Waals surface area contributed by atoms with Crippen LogP contribution in [0.3, 0.4) is 0 Å². The number of carbonyl (C=O) groups is 3. The number of aromatic carboxylic acids is 1. The minimum atomic E-state index is -1.06. The summed E-state index contributed by atoms with van der Waals surface area (Å²) in [6, 6.07) is 13.9. The minimum absolute atomic E-state index is 0.0443. The van der Waals surface area contributed by atoms with Crippen molar-refractivity contribution in [3.8, 4) is 0 Å². The summed E-state index contributed by atoms with van der Waals surface area (Å²) in [5, 5.41) is 8.70. The topological polar surface area (TPSA) is 87.2 Å². The van der Waals surface area contributed by atoms with Gasteiger partial charge in [-0.15, -0.1) is 11.8 Å². The Hall–Kier alpha value is -2.84. The average Bonchev–Trinajstić information content (AvgIpc) is 3.02. The molecular formula is C21H20N2O5S. The van der Waals surface area contributed by atoms with Crippen molar-refractivity contribution in [2.45, 2.75) is 16.6 Å². The zero-order valence-corrected chi connectivity index (χ0v) is 16.4. The Morgan fingerprint density at radius 2 is 1.66 bits per heavy atom. The number of carboxylic acids is 1. The van der Waals surface area contributed by atoms with Crippen molar-refractivity contribution < 1.29 is 24.2 Å². The molecule has 29 heavy (non-hydrogen) atoms. The van der Waals surface area contributed by atoms with E-state index in [2.05, 4.69) is 4.90 Å². The highest BCUT2D eigenvalue weighted by atomic mass is 32.2. The summed E-state index contributed by atoms with van der Waals surface area (Å²) < 4.78 is 5.36. The van der Waals surface area contributed by atoms with Crippen LogP contribution in [0.1, 0.15) is 16.8 Å². The van der Waals surface area contributed by atoms with Crippen LogP contribution in [0.4, 0.5) is 11.4 Å². The Morgan fingerprint density at radius 3 is 2.34 bits per heavy atom. The van der Waals surface area contributed by atoms with Gasteiger partial charge in [-0.1, -0.05) is 12.1 Å². The Labute approximate surface area is 172 Å². The predicted octanol–water partition coefficient (Wildman–Crippen LogP) is 2.65. The molecule has 2 heterocycles. The molecule has 0 aromatic heterocycles. The quantitative estimate of drug-likeness (QED) is 0.756. The van der Waals surface area contributed by atoms with Crippen molar-refractivity contribution in [3.63, 3.8) is 0 Å². The molecule has 2 aromatic rings. The number of hydrogen-bond donors (Lipinski definition) is 1. The highest BCUT2D eigenvalue weighted by Gasteiger charge is 2.40. The van der Waals surface area contributed by atoms with Crippen LogP contribution in [0.15, 0.2) is 53.4 Å². The summed E-state index contributed by atoms with van der Waals surface area (Å²) in [6.45, 7) is 2.98. The summed E-state index contributed by atoms with van der Waals surface area (Å²) in [5.74, 6) is -1.65. The lowest BCUT2D eigenvalue weighted by atomic mass is 10.2. The first-order chi connectivity index (χ1) is 14.0. The summed E-state index contributed by atoms with van der Waals surface area (Å²) in [4.78, 5) is 40.7. The first kappa shape index (κ1) is 19.5. The molecule has 2 saturated heterocycles. The largest absolute Gasteiger partial charge is 0.478 e. The van der Waals surface area contributed by atoms with Crippen LogP contribution in [0.25, 0.3) is 0 Å². The van der Waals surface area contributed by atoms with E-state index in [1.165, 1.54) is 11.0 Å². The molecule has 0 saturated carbocycles. The van der Waals surface area contributed by atoms with Gasteiger partial charge in [0.15, 0.2) is 0 Å². The lowest BCUT2D eigenvalue weighted by Gasteiger charge is -2.29. The van der Waals surface area contributed by atoms with Crippen molar-refractivity contribution in [2.75, 3.05) is 36.1 Å². The molecule has 1 N–H and O–H groups in total. The van der Waals surface area contributed by atoms with E-state index in [-0.39, 0.29) is 23.8 Å². The molecule has 1 unspecified atom stereocenters. The number of carbonyl (C=O) groups excluding carboxylic acids is 2. The van der Waals surface area contributed by atoms with Gasteiger partial charge in [-0.2, -0.15) is 0 Å². The zero-order chi connectivity index (χ0) is 20.4. The SMILES string of the molecule is O=C(O)c1ccccc1SC1CC(=O)N(c2ccc(N3CCOCC3)cc2)C1=O. The van der Waals surface area contributed by atoms with Gasteiger partial charge in [0.2, 0.25) is 11.8 Å². The monoisotopic (exact) mass is 412 g/mol. The van der Waals surface area contributed by atoms with Crippen molar-refractivity contribution in [1.29, 1.82) is 0 Å². The molecule has 2 aliphatic heterocycles. The molecule has 1 atom stereocenters. The van der Waals surface area contributed by atoms with Gasteiger partial charge in [-0.3, -0.25) is 9.59 Å².